The van der Waals surface area contributed by atoms with Crippen molar-refractivity contribution >= 4 is 0 Å². The number of hydrogen-bond acceptors (Lipinski definition) is 2. The Bertz CT molecular complexity index is 559. The highest BCUT2D eigenvalue weighted by atomic mass is 16.5. The Hall–Kier alpha value is -1.74. The highest BCUT2D eigenvalue weighted by Crippen LogP contribution is 2.34. The van der Waals surface area contributed by atoms with Crippen molar-refractivity contribution in [2.45, 2.75) is 31.8 Å². The third-order valence-electron chi connectivity index (χ3n) is 3.67. The maximum atomic E-state index is 5.90. The smallest absolute Gasteiger partial charge is 0.122 e. The summed E-state index contributed by atoms with van der Waals surface area (Å²) in [4.78, 5) is 0. The van der Waals surface area contributed by atoms with Crippen LogP contribution in [-0.2, 0) is 13.0 Å². The van der Waals surface area contributed by atoms with Crippen molar-refractivity contribution in [3.63, 3.8) is 0 Å². The molecule has 2 aromatic rings. The zero-order valence-corrected chi connectivity index (χ0v) is 11.3. The topological polar surface area (TPSA) is 40.2 Å². The summed E-state index contributed by atoms with van der Waals surface area (Å²) < 4.78 is 8.05. The van der Waals surface area contributed by atoms with E-state index in [1.165, 1.54) is 11.3 Å². The molecule has 0 radical (unpaired) electrons. The van der Waals surface area contributed by atoms with Crippen LogP contribution in [-0.4, -0.2) is 17.2 Å². The molecule has 2 atom stereocenters. The molecule has 3 nitrogen and oxygen atoms in total. The number of para-hydroxylation sites is 1. The molecule has 2 heterocycles. The minimum Gasteiger partial charge on any atom is -0.493 e. The molecule has 0 amide bonds. The molecule has 100 valence electrons. The molecule has 19 heavy (non-hydrogen) atoms. The van der Waals surface area contributed by atoms with Crippen LogP contribution in [0.2, 0.25) is 0 Å². The van der Waals surface area contributed by atoms with Gasteiger partial charge in [0.15, 0.2) is 0 Å². The second-order valence-electron chi connectivity index (χ2n) is 5.38. The van der Waals surface area contributed by atoms with Crippen molar-refractivity contribution < 1.29 is 4.74 Å². The average molecular weight is 256 g/mol. The van der Waals surface area contributed by atoms with Gasteiger partial charge in [-0.05, 0) is 25.1 Å². The van der Waals surface area contributed by atoms with Gasteiger partial charge in [-0.25, -0.2) is 0 Å². The Morgan fingerprint density at radius 2 is 2.16 bits per heavy atom. The molecule has 1 aliphatic rings. The summed E-state index contributed by atoms with van der Waals surface area (Å²) in [6.07, 6.45) is 3.06. The summed E-state index contributed by atoms with van der Waals surface area (Å²) in [5, 5.41) is 0. The summed E-state index contributed by atoms with van der Waals surface area (Å²) in [5.41, 5.74) is 8.53. The molecule has 0 saturated heterocycles. The number of nitrogens with zero attached hydrogens (tertiary/aromatic N) is 1. The van der Waals surface area contributed by atoms with Gasteiger partial charge in [-0.15, -0.1) is 0 Å². The maximum Gasteiger partial charge on any atom is 0.122 e. The van der Waals surface area contributed by atoms with Crippen LogP contribution < -0.4 is 10.5 Å². The molecule has 0 aliphatic carbocycles. The largest absolute Gasteiger partial charge is 0.493 e. The number of nitrogens with two attached hydrogens (primary N) is 1. The van der Waals surface area contributed by atoms with Crippen molar-refractivity contribution in [1.29, 1.82) is 0 Å². The third-order valence-corrected chi connectivity index (χ3v) is 3.67. The van der Waals surface area contributed by atoms with Gasteiger partial charge >= 0.3 is 0 Å². The average Bonchev–Trinajstić information content (AvgIpc) is 2.98. The monoisotopic (exact) mass is 256 g/mol. The van der Waals surface area contributed by atoms with Crippen LogP contribution in [0.5, 0.6) is 5.75 Å². The second kappa shape index (κ2) is 5.10. The van der Waals surface area contributed by atoms with Gasteiger partial charge in [0.25, 0.3) is 0 Å². The van der Waals surface area contributed by atoms with E-state index in [4.69, 9.17) is 10.5 Å². The van der Waals surface area contributed by atoms with Crippen molar-refractivity contribution in [2.24, 2.45) is 5.73 Å². The van der Waals surface area contributed by atoms with Crippen molar-refractivity contribution in [3.8, 4) is 5.75 Å². The van der Waals surface area contributed by atoms with Crippen molar-refractivity contribution in [2.75, 3.05) is 6.61 Å². The van der Waals surface area contributed by atoms with Gasteiger partial charge in [0.1, 0.15) is 5.75 Å². The Balaban J connectivity index is 1.78. The minimum atomic E-state index is 0.195. The molecular formula is C16H20N2O. The van der Waals surface area contributed by atoms with E-state index >= 15 is 0 Å². The van der Waals surface area contributed by atoms with Gasteiger partial charge in [0.05, 0.1) is 6.61 Å². The molecule has 2 N–H and O–H groups in total. The van der Waals surface area contributed by atoms with Gasteiger partial charge < -0.3 is 15.0 Å². The Morgan fingerprint density at radius 1 is 1.32 bits per heavy atom. The molecule has 3 rings (SSSR count). The number of benzene rings is 1. The molecule has 1 aliphatic heterocycles. The summed E-state index contributed by atoms with van der Waals surface area (Å²) in [6.45, 7) is 3.78. The lowest BCUT2D eigenvalue weighted by atomic mass is 10.0. The molecule has 1 aromatic heterocycles. The van der Waals surface area contributed by atoms with E-state index in [1.54, 1.807) is 0 Å². The first-order valence-corrected chi connectivity index (χ1v) is 6.85. The molecule has 0 bridgehead atoms. The van der Waals surface area contributed by atoms with Crippen LogP contribution in [0.4, 0.5) is 0 Å². The Labute approximate surface area is 114 Å². The van der Waals surface area contributed by atoms with Gasteiger partial charge in [-0.2, -0.15) is 0 Å². The van der Waals surface area contributed by atoms with Gasteiger partial charge in [-0.1, -0.05) is 18.2 Å². The van der Waals surface area contributed by atoms with Crippen LogP contribution in [0.1, 0.15) is 24.1 Å². The number of fused-ring (bicyclic) bond motifs is 1. The predicted octanol–water partition coefficient (Wildman–Crippen LogP) is 2.55. The lowest BCUT2D eigenvalue weighted by Crippen LogP contribution is -2.21. The maximum absolute atomic E-state index is 5.90. The number of rotatable bonds is 4. The second-order valence-corrected chi connectivity index (χ2v) is 5.38. The molecule has 0 fully saturated rings. The Morgan fingerprint density at radius 3 is 3.00 bits per heavy atom. The van der Waals surface area contributed by atoms with Crippen LogP contribution in [0.25, 0.3) is 0 Å². The summed E-state index contributed by atoms with van der Waals surface area (Å²) in [7, 11) is 0. The molecule has 0 spiro atoms. The molecule has 3 heteroatoms. The normalized spacial score (nSPS) is 18.9. The number of ether oxygens (including phenoxy) is 1. The van der Waals surface area contributed by atoms with Gasteiger partial charge in [0, 0.05) is 42.4 Å². The van der Waals surface area contributed by atoms with E-state index in [9.17, 15) is 0 Å². The highest BCUT2D eigenvalue weighted by Gasteiger charge is 2.24. The molecule has 1 aromatic carbocycles. The van der Waals surface area contributed by atoms with Gasteiger partial charge in [-0.3, -0.25) is 0 Å². The fraction of sp³-hybridized carbons (Fsp3) is 0.375. The zero-order chi connectivity index (χ0) is 13.2. The first kappa shape index (κ1) is 12.3. The lowest BCUT2D eigenvalue weighted by Gasteiger charge is -2.15. The first-order chi connectivity index (χ1) is 9.24. The van der Waals surface area contributed by atoms with Crippen LogP contribution >= 0.6 is 0 Å². The van der Waals surface area contributed by atoms with Crippen LogP contribution in [0, 0.1) is 0 Å². The summed E-state index contributed by atoms with van der Waals surface area (Å²) in [6, 6.07) is 12.8. The van der Waals surface area contributed by atoms with Crippen molar-refractivity contribution in [3.05, 3.63) is 53.9 Å². The SMILES string of the molecule is CC(N)Cc1cccn1CC1COc2ccccc21. The lowest BCUT2D eigenvalue weighted by molar-refractivity contribution is 0.318. The quantitative estimate of drug-likeness (QED) is 0.913. The minimum absolute atomic E-state index is 0.195. The van der Waals surface area contributed by atoms with E-state index in [0.29, 0.717) is 5.92 Å². The van der Waals surface area contributed by atoms with E-state index in [0.717, 1.165) is 25.3 Å². The molecule has 2 unspecified atom stereocenters. The van der Waals surface area contributed by atoms with Gasteiger partial charge in [0.2, 0.25) is 0 Å². The Kier molecular flexibility index (Phi) is 3.30. The fourth-order valence-electron chi connectivity index (χ4n) is 2.76. The standard InChI is InChI=1S/C16H20N2O/c1-12(17)9-14-5-4-8-18(14)10-13-11-19-16-7-3-2-6-15(13)16/h2-8,12-13H,9-11,17H2,1H3. The van der Waals surface area contributed by atoms with E-state index in [-0.39, 0.29) is 6.04 Å². The van der Waals surface area contributed by atoms with E-state index in [1.807, 2.05) is 19.1 Å². The summed E-state index contributed by atoms with van der Waals surface area (Å²) in [5.74, 6) is 1.48. The zero-order valence-electron chi connectivity index (χ0n) is 11.3. The first-order valence-electron chi connectivity index (χ1n) is 6.85. The van der Waals surface area contributed by atoms with E-state index in [2.05, 4.69) is 35.0 Å². The third kappa shape index (κ3) is 2.51. The van der Waals surface area contributed by atoms with Crippen LogP contribution in [0.15, 0.2) is 42.6 Å². The molecule has 0 saturated carbocycles. The van der Waals surface area contributed by atoms with Crippen molar-refractivity contribution in [1.82, 2.24) is 4.57 Å². The molecular weight excluding hydrogens is 236 g/mol. The predicted molar refractivity (Wildman–Crippen MR) is 76.5 cm³/mol. The number of aromatic nitrogens is 1. The van der Waals surface area contributed by atoms with E-state index < -0.39 is 0 Å². The highest BCUT2D eigenvalue weighted by molar-refractivity contribution is 5.39. The van der Waals surface area contributed by atoms with Crippen LogP contribution in [0.3, 0.4) is 0 Å². The number of hydrogen-bond donors (Lipinski definition) is 1. The fourth-order valence-corrected chi connectivity index (χ4v) is 2.76. The summed E-state index contributed by atoms with van der Waals surface area (Å²) >= 11 is 0.